The lowest BCUT2D eigenvalue weighted by atomic mass is 10.0. The number of nitrogens with zero attached hydrogens (tertiary/aromatic N) is 1. The first-order valence-corrected chi connectivity index (χ1v) is 9.35. The molecular formula is C19H18N2O2S. The Hall–Kier alpha value is -2.37. The van der Waals surface area contributed by atoms with Gasteiger partial charge in [-0.15, -0.1) is 0 Å². The maximum Gasteiger partial charge on any atom is 0.244 e. The summed E-state index contributed by atoms with van der Waals surface area (Å²) < 4.78 is 27.9. The molecule has 0 radical (unpaired) electrons. The van der Waals surface area contributed by atoms with E-state index in [1.54, 1.807) is 16.4 Å². The number of hydrogen-bond donors (Lipinski definition) is 1. The molecule has 3 aromatic rings. The Morgan fingerprint density at radius 3 is 2.58 bits per heavy atom. The molecule has 24 heavy (non-hydrogen) atoms. The minimum atomic E-state index is -3.54. The van der Waals surface area contributed by atoms with Crippen molar-refractivity contribution in [2.24, 2.45) is 0 Å². The Kier molecular flexibility index (Phi) is 3.55. The topological polar surface area (TPSA) is 63.4 Å². The Bertz CT molecular complexity index is 1020. The molecule has 0 saturated heterocycles. The summed E-state index contributed by atoms with van der Waals surface area (Å²) in [7, 11) is -3.54. The minimum Gasteiger partial charge on any atom is -0.399 e. The summed E-state index contributed by atoms with van der Waals surface area (Å²) in [4.78, 5) is 0.375. The van der Waals surface area contributed by atoms with Gasteiger partial charge in [-0.2, -0.15) is 4.31 Å². The number of hydrogen-bond acceptors (Lipinski definition) is 3. The van der Waals surface area contributed by atoms with Crippen LogP contribution in [0.15, 0.2) is 65.6 Å². The largest absolute Gasteiger partial charge is 0.399 e. The highest BCUT2D eigenvalue weighted by molar-refractivity contribution is 7.89. The number of nitrogen functional groups attached to an aromatic ring is 1. The van der Waals surface area contributed by atoms with Gasteiger partial charge in [0, 0.05) is 24.2 Å². The second-order valence-corrected chi connectivity index (χ2v) is 8.00. The predicted molar refractivity (Wildman–Crippen MR) is 96.1 cm³/mol. The van der Waals surface area contributed by atoms with Gasteiger partial charge in [0.2, 0.25) is 10.0 Å². The summed E-state index contributed by atoms with van der Waals surface area (Å²) in [5.41, 5.74) is 8.71. The van der Waals surface area contributed by atoms with Crippen LogP contribution in [-0.4, -0.2) is 19.3 Å². The number of sulfonamides is 1. The van der Waals surface area contributed by atoms with E-state index in [0.29, 0.717) is 24.4 Å². The Balaban J connectivity index is 1.77. The molecule has 0 unspecified atom stereocenters. The first kappa shape index (κ1) is 15.2. The molecule has 0 fully saturated rings. The zero-order chi connectivity index (χ0) is 16.7. The second kappa shape index (κ2) is 5.61. The standard InChI is InChI=1S/C19H18N2O2S/c20-17-9-8-16-13-21(11-10-15(16)12-17)24(22,23)19-7-3-5-14-4-1-2-6-18(14)19/h1-9,12H,10-11,13,20H2. The third-order valence-corrected chi connectivity index (χ3v) is 6.48. The maximum absolute atomic E-state index is 13.2. The Morgan fingerprint density at radius 2 is 1.71 bits per heavy atom. The van der Waals surface area contributed by atoms with E-state index in [0.717, 1.165) is 27.6 Å². The highest BCUT2D eigenvalue weighted by Crippen LogP contribution is 2.30. The van der Waals surface area contributed by atoms with Crippen molar-refractivity contribution in [1.29, 1.82) is 0 Å². The molecule has 0 amide bonds. The van der Waals surface area contributed by atoms with Gasteiger partial charge < -0.3 is 5.73 Å². The summed E-state index contributed by atoms with van der Waals surface area (Å²) in [5.74, 6) is 0. The van der Waals surface area contributed by atoms with Crippen LogP contribution in [0.25, 0.3) is 10.8 Å². The van der Waals surface area contributed by atoms with Crippen molar-refractivity contribution < 1.29 is 8.42 Å². The number of anilines is 1. The number of benzene rings is 3. The molecule has 4 rings (SSSR count). The van der Waals surface area contributed by atoms with Gasteiger partial charge in [0.15, 0.2) is 0 Å². The highest BCUT2D eigenvalue weighted by atomic mass is 32.2. The van der Waals surface area contributed by atoms with Crippen LogP contribution in [-0.2, 0) is 23.0 Å². The van der Waals surface area contributed by atoms with Gasteiger partial charge in [0.25, 0.3) is 0 Å². The van der Waals surface area contributed by atoms with Gasteiger partial charge in [0.05, 0.1) is 4.90 Å². The third kappa shape index (κ3) is 2.46. The van der Waals surface area contributed by atoms with Crippen LogP contribution < -0.4 is 5.73 Å². The summed E-state index contributed by atoms with van der Waals surface area (Å²) in [6.07, 6.45) is 0.685. The van der Waals surface area contributed by atoms with Gasteiger partial charge in [0.1, 0.15) is 0 Å². The van der Waals surface area contributed by atoms with E-state index in [-0.39, 0.29) is 0 Å². The van der Waals surface area contributed by atoms with E-state index in [2.05, 4.69) is 0 Å². The molecule has 0 spiro atoms. The van der Waals surface area contributed by atoms with Crippen molar-refractivity contribution in [2.45, 2.75) is 17.9 Å². The molecule has 2 N–H and O–H groups in total. The van der Waals surface area contributed by atoms with Crippen molar-refractivity contribution in [2.75, 3.05) is 12.3 Å². The van der Waals surface area contributed by atoms with Crippen LogP contribution >= 0.6 is 0 Å². The van der Waals surface area contributed by atoms with Crippen molar-refractivity contribution in [3.05, 3.63) is 71.8 Å². The fourth-order valence-electron chi connectivity index (χ4n) is 3.31. The number of rotatable bonds is 2. The van der Waals surface area contributed by atoms with Crippen LogP contribution in [0.1, 0.15) is 11.1 Å². The maximum atomic E-state index is 13.2. The monoisotopic (exact) mass is 338 g/mol. The lowest BCUT2D eigenvalue weighted by Crippen LogP contribution is -2.36. The van der Waals surface area contributed by atoms with Gasteiger partial charge in [-0.3, -0.25) is 0 Å². The zero-order valence-electron chi connectivity index (χ0n) is 13.1. The van der Waals surface area contributed by atoms with Crippen LogP contribution in [0.3, 0.4) is 0 Å². The molecular weight excluding hydrogens is 320 g/mol. The van der Waals surface area contributed by atoms with Crippen molar-refractivity contribution in [3.63, 3.8) is 0 Å². The molecule has 1 aliphatic rings. The molecule has 122 valence electrons. The third-order valence-electron chi connectivity index (χ3n) is 4.58. The van der Waals surface area contributed by atoms with Gasteiger partial charge >= 0.3 is 0 Å². The van der Waals surface area contributed by atoms with Crippen LogP contribution in [0.4, 0.5) is 5.69 Å². The summed E-state index contributed by atoms with van der Waals surface area (Å²) >= 11 is 0. The SMILES string of the molecule is Nc1ccc2c(c1)CCN(S(=O)(=O)c1cccc3ccccc13)C2. The average molecular weight is 338 g/mol. The van der Waals surface area contributed by atoms with Crippen molar-refractivity contribution >= 4 is 26.5 Å². The molecule has 0 saturated carbocycles. The molecule has 0 bridgehead atoms. The first-order valence-electron chi connectivity index (χ1n) is 7.91. The van der Waals surface area contributed by atoms with E-state index >= 15 is 0 Å². The fourth-order valence-corrected chi connectivity index (χ4v) is 4.95. The molecule has 5 heteroatoms. The van der Waals surface area contributed by atoms with E-state index in [1.807, 2.05) is 48.5 Å². The molecule has 1 aliphatic heterocycles. The van der Waals surface area contributed by atoms with Crippen LogP contribution in [0, 0.1) is 0 Å². The first-order chi connectivity index (χ1) is 11.6. The average Bonchev–Trinajstić information content (AvgIpc) is 2.60. The summed E-state index contributed by atoms with van der Waals surface area (Å²) in [5, 5.41) is 1.70. The van der Waals surface area contributed by atoms with E-state index in [9.17, 15) is 8.42 Å². The van der Waals surface area contributed by atoms with Gasteiger partial charge in [-0.25, -0.2) is 8.42 Å². The van der Waals surface area contributed by atoms with Crippen LogP contribution in [0.2, 0.25) is 0 Å². The van der Waals surface area contributed by atoms with Crippen molar-refractivity contribution in [3.8, 4) is 0 Å². The molecule has 3 aromatic carbocycles. The minimum absolute atomic E-state index is 0.375. The number of nitrogens with two attached hydrogens (primary N) is 1. The molecule has 0 aliphatic carbocycles. The summed E-state index contributed by atoms with van der Waals surface area (Å²) in [6.45, 7) is 0.864. The van der Waals surface area contributed by atoms with E-state index in [1.165, 1.54) is 0 Å². The van der Waals surface area contributed by atoms with Gasteiger partial charge in [-0.1, -0.05) is 42.5 Å². The molecule has 0 atom stereocenters. The highest BCUT2D eigenvalue weighted by Gasteiger charge is 2.29. The predicted octanol–water partition coefficient (Wildman–Crippen LogP) is 3.17. The lowest BCUT2D eigenvalue weighted by Gasteiger charge is -2.28. The van der Waals surface area contributed by atoms with Gasteiger partial charge in [-0.05, 0) is 41.1 Å². The quantitative estimate of drug-likeness (QED) is 0.730. The Labute approximate surface area is 141 Å². The number of fused-ring (bicyclic) bond motifs is 2. The van der Waals surface area contributed by atoms with Crippen LogP contribution in [0.5, 0.6) is 0 Å². The van der Waals surface area contributed by atoms with Crippen molar-refractivity contribution in [1.82, 2.24) is 4.31 Å². The fraction of sp³-hybridized carbons (Fsp3) is 0.158. The molecule has 4 nitrogen and oxygen atoms in total. The second-order valence-electron chi connectivity index (χ2n) is 6.09. The molecule has 0 aromatic heterocycles. The zero-order valence-corrected chi connectivity index (χ0v) is 14.0. The molecule has 1 heterocycles. The van der Waals surface area contributed by atoms with E-state index < -0.39 is 10.0 Å². The van der Waals surface area contributed by atoms with E-state index in [4.69, 9.17) is 5.73 Å². The smallest absolute Gasteiger partial charge is 0.244 e. The Morgan fingerprint density at radius 1 is 0.917 bits per heavy atom. The normalized spacial score (nSPS) is 15.3. The summed E-state index contributed by atoms with van der Waals surface area (Å²) in [6, 6.07) is 18.7. The lowest BCUT2D eigenvalue weighted by molar-refractivity contribution is 0.392.